The molecule has 0 saturated heterocycles. The van der Waals surface area contributed by atoms with Gasteiger partial charge in [-0.05, 0) is 42.8 Å². The molecule has 4 rings (SSSR count). The van der Waals surface area contributed by atoms with E-state index in [0.717, 1.165) is 7.11 Å². The number of ketones is 2. The number of methoxy groups -OCH3 is 2. The molecule has 0 saturated carbocycles. The third kappa shape index (κ3) is 2.54. The molecule has 2 aromatic rings. The number of anilines is 1. The van der Waals surface area contributed by atoms with Crippen LogP contribution in [0.4, 0.5) is 5.69 Å². The monoisotopic (exact) mass is 423 g/mol. The minimum atomic E-state index is -2.30. The first-order valence-corrected chi connectivity index (χ1v) is 9.76. The van der Waals surface area contributed by atoms with Gasteiger partial charge in [-0.3, -0.25) is 14.4 Å². The normalized spacial score (nSPS) is 23.6. The molecule has 0 aromatic heterocycles. The van der Waals surface area contributed by atoms with Gasteiger partial charge in [-0.1, -0.05) is 12.1 Å². The Kier molecular flexibility index (Phi) is 4.80. The van der Waals surface area contributed by atoms with E-state index in [4.69, 9.17) is 14.2 Å². The van der Waals surface area contributed by atoms with Crippen molar-refractivity contribution in [3.05, 3.63) is 59.2 Å². The molecule has 0 radical (unpaired) electrons. The molecule has 1 aliphatic heterocycles. The van der Waals surface area contributed by atoms with Crippen LogP contribution in [0.2, 0.25) is 0 Å². The van der Waals surface area contributed by atoms with Crippen molar-refractivity contribution in [2.24, 2.45) is 5.41 Å². The minimum Gasteiger partial charge on any atom is -0.497 e. The second kappa shape index (κ2) is 7.23. The van der Waals surface area contributed by atoms with Crippen molar-refractivity contribution in [1.82, 2.24) is 0 Å². The number of fused-ring (bicyclic) bond motifs is 2. The average molecular weight is 423 g/mol. The molecule has 31 heavy (non-hydrogen) atoms. The van der Waals surface area contributed by atoms with Crippen LogP contribution in [0.1, 0.15) is 33.2 Å². The zero-order valence-electron chi connectivity index (χ0n) is 17.3. The summed E-state index contributed by atoms with van der Waals surface area (Å²) in [6.07, 6.45) is -0.223. The number of carbonyl (C=O) groups is 4. The Hall–Kier alpha value is -3.68. The number of ether oxygens (including phenoxy) is 3. The Balaban J connectivity index is 2.00. The zero-order valence-corrected chi connectivity index (χ0v) is 17.3. The highest BCUT2D eigenvalue weighted by Crippen LogP contribution is 2.52. The van der Waals surface area contributed by atoms with E-state index in [1.807, 2.05) is 0 Å². The van der Waals surface area contributed by atoms with Crippen LogP contribution in [0.25, 0.3) is 0 Å². The summed E-state index contributed by atoms with van der Waals surface area (Å²) in [6.45, 7) is 1.55. The van der Waals surface area contributed by atoms with Gasteiger partial charge in [0, 0.05) is 23.2 Å². The first-order valence-electron chi connectivity index (χ1n) is 9.76. The molecule has 0 spiro atoms. The Labute approximate surface area is 178 Å². The van der Waals surface area contributed by atoms with Crippen LogP contribution < -0.4 is 10.1 Å². The number of para-hydroxylation sites is 1. The summed E-state index contributed by atoms with van der Waals surface area (Å²) in [7, 11) is 2.59. The van der Waals surface area contributed by atoms with Crippen molar-refractivity contribution < 1.29 is 33.4 Å². The van der Waals surface area contributed by atoms with Gasteiger partial charge in [0.1, 0.15) is 5.75 Å². The molecule has 1 aliphatic carbocycles. The highest BCUT2D eigenvalue weighted by atomic mass is 16.5. The van der Waals surface area contributed by atoms with Crippen LogP contribution in [0.3, 0.4) is 0 Å². The molecule has 0 amide bonds. The fraction of sp³-hybridized carbons (Fsp3) is 0.304. The van der Waals surface area contributed by atoms with Gasteiger partial charge in [-0.15, -0.1) is 0 Å². The molecule has 8 nitrogen and oxygen atoms in total. The number of esters is 2. The van der Waals surface area contributed by atoms with E-state index in [1.54, 1.807) is 37.3 Å². The summed E-state index contributed by atoms with van der Waals surface area (Å²) in [5, 5.41) is 2.89. The van der Waals surface area contributed by atoms with Gasteiger partial charge < -0.3 is 19.5 Å². The predicted molar refractivity (Wildman–Crippen MR) is 109 cm³/mol. The predicted octanol–water partition coefficient (Wildman–Crippen LogP) is 2.20. The van der Waals surface area contributed by atoms with Crippen LogP contribution in [0.15, 0.2) is 42.5 Å². The van der Waals surface area contributed by atoms with E-state index < -0.39 is 34.5 Å². The molecule has 2 atom stereocenters. The van der Waals surface area contributed by atoms with Crippen LogP contribution in [0.5, 0.6) is 5.75 Å². The molecule has 1 heterocycles. The first-order chi connectivity index (χ1) is 14.9. The van der Waals surface area contributed by atoms with Crippen LogP contribution >= 0.6 is 0 Å². The van der Waals surface area contributed by atoms with Crippen molar-refractivity contribution in [3.63, 3.8) is 0 Å². The van der Waals surface area contributed by atoms with Gasteiger partial charge in [0.05, 0.1) is 20.8 Å². The average Bonchev–Trinajstić information content (AvgIpc) is 3.26. The molecular formula is C23H21NO7. The minimum absolute atomic E-state index is 0.0358. The lowest BCUT2D eigenvalue weighted by atomic mass is 9.64. The van der Waals surface area contributed by atoms with Gasteiger partial charge in [-0.2, -0.15) is 0 Å². The number of hydrogen-bond donors (Lipinski definition) is 1. The summed E-state index contributed by atoms with van der Waals surface area (Å²) in [5.74, 6) is -2.91. The van der Waals surface area contributed by atoms with Gasteiger partial charge >= 0.3 is 11.9 Å². The van der Waals surface area contributed by atoms with Crippen molar-refractivity contribution in [2.45, 2.75) is 18.9 Å². The summed E-state index contributed by atoms with van der Waals surface area (Å²) in [6, 6.07) is 11.2. The third-order valence-electron chi connectivity index (χ3n) is 5.99. The highest BCUT2D eigenvalue weighted by Gasteiger charge is 2.75. The molecule has 0 bridgehead atoms. The Bertz CT molecular complexity index is 1120. The Morgan fingerprint density at radius 2 is 1.74 bits per heavy atom. The van der Waals surface area contributed by atoms with E-state index in [-0.39, 0.29) is 24.2 Å². The zero-order chi connectivity index (χ0) is 22.4. The van der Waals surface area contributed by atoms with Gasteiger partial charge in [-0.25, -0.2) is 4.79 Å². The number of nitrogens with one attached hydrogen (secondary N) is 1. The molecule has 8 heteroatoms. The van der Waals surface area contributed by atoms with Crippen LogP contribution in [-0.2, 0) is 25.5 Å². The largest absolute Gasteiger partial charge is 0.497 e. The standard InChI is InChI=1S/C23H21NO7/c1-4-31-20(27)22(12-13-11-14(29-2)9-10-15(13)18(22)25)23(21(28)30-3)19(26)16-7-5-6-8-17(16)24-23/h5-11,24H,4,12H2,1-3H3/t22-,23-/m0/s1. The number of benzene rings is 2. The highest BCUT2D eigenvalue weighted by molar-refractivity contribution is 6.33. The molecule has 1 N–H and O–H groups in total. The molecule has 160 valence electrons. The molecule has 0 unspecified atom stereocenters. The van der Waals surface area contributed by atoms with Crippen LogP contribution in [0, 0.1) is 5.41 Å². The van der Waals surface area contributed by atoms with E-state index in [1.165, 1.54) is 19.2 Å². The fourth-order valence-corrected chi connectivity index (χ4v) is 4.56. The number of Topliss-reactive ketones (excluding diaryl/α,β-unsaturated/α-hetero) is 2. The Morgan fingerprint density at radius 1 is 1.00 bits per heavy atom. The van der Waals surface area contributed by atoms with Crippen molar-refractivity contribution in [2.75, 3.05) is 26.1 Å². The quantitative estimate of drug-likeness (QED) is 0.576. The van der Waals surface area contributed by atoms with Crippen molar-refractivity contribution >= 4 is 29.2 Å². The number of rotatable bonds is 5. The van der Waals surface area contributed by atoms with Crippen molar-refractivity contribution in [1.29, 1.82) is 0 Å². The second-order valence-electron chi connectivity index (χ2n) is 7.40. The van der Waals surface area contributed by atoms with Crippen molar-refractivity contribution in [3.8, 4) is 5.75 Å². The van der Waals surface area contributed by atoms with E-state index >= 15 is 0 Å². The van der Waals surface area contributed by atoms with E-state index in [2.05, 4.69) is 5.32 Å². The molecule has 0 fully saturated rings. The fourth-order valence-electron chi connectivity index (χ4n) is 4.56. The van der Waals surface area contributed by atoms with Crippen LogP contribution in [-0.4, -0.2) is 49.9 Å². The molecular weight excluding hydrogens is 402 g/mol. The summed E-state index contributed by atoms with van der Waals surface area (Å²) in [5.41, 5.74) is -3.25. The summed E-state index contributed by atoms with van der Waals surface area (Å²) >= 11 is 0. The van der Waals surface area contributed by atoms with E-state index in [0.29, 0.717) is 17.0 Å². The maximum absolute atomic E-state index is 13.8. The second-order valence-corrected chi connectivity index (χ2v) is 7.40. The van der Waals surface area contributed by atoms with Gasteiger partial charge in [0.15, 0.2) is 11.2 Å². The molecule has 2 aliphatic rings. The topological polar surface area (TPSA) is 108 Å². The first kappa shape index (κ1) is 20.6. The maximum Gasteiger partial charge on any atom is 0.341 e. The summed E-state index contributed by atoms with van der Waals surface area (Å²) in [4.78, 5) is 54.2. The maximum atomic E-state index is 13.8. The summed E-state index contributed by atoms with van der Waals surface area (Å²) < 4.78 is 15.5. The van der Waals surface area contributed by atoms with E-state index in [9.17, 15) is 19.2 Å². The third-order valence-corrected chi connectivity index (χ3v) is 5.99. The number of hydrogen-bond acceptors (Lipinski definition) is 8. The SMILES string of the molecule is CCOC(=O)[C@]1([C@]2(C(=O)OC)Nc3ccccc3C2=O)Cc2cc(OC)ccc2C1=O. The lowest BCUT2D eigenvalue weighted by Crippen LogP contribution is -2.68. The van der Waals surface area contributed by atoms with Gasteiger partial charge in [0.2, 0.25) is 11.3 Å². The smallest absolute Gasteiger partial charge is 0.341 e. The van der Waals surface area contributed by atoms with Gasteiger partial charge in [0.25, 0.3) is 0 Å². The lowest BCUT2D eigenvalue weighted by Gasteiger charge is -2.39. The lowest BCUT2D eigenvalue weighted by molar-refractivity contribution is -0.162. The number of carbonyl (C=O) groups excluding carboxylic acids is 4. The molecule has 2 aromatic carbocycles. The Morgan fingerprint density at radius 3 is 2.39 bits per heavy atom.